The number of hydrogen-bond donors (Lipinski definition) is 0. The summed E-state index contributed by atoms with van der Waals surface area (Å²) < 4.78 is 3.09. The van der Waals surface area contributed by atoms with E-state index in [4.69, 9.17) is 0 Å². The molecule has 3 heteroatoms. The Hall–Kier alpha value is -1.09. The second-order valence-corrected chi connectivity index (χ2v) is 3.82. The van der Waals surface area contributed by atoms with Gasteiger partial charge in [0.15, 0.2) is 0 Å². The summed E-state index contributed by atoms with van der Waals surface area (Å²) >= 11 is 3.44. The number of aryl methyl sites for hydroxylation is 1. The molecule has 0 fully saturated rings. The number of nitrogens with zero attached hydrogens (tertiary/aromatic N) is 2. The van der Waals surface area contributed by atoms with Crippen molar-refractivity contribution in [1.29, 1.82) is 0 Å². The van der Waals surface area contributed by atoms with Crippen LogP contribution in [-0.2, 0) is 7.05 Å². The van der Waals surface area contributed by atoms with E-state index in [-0.39, 0.29) is 0 Å². The molecular weight excluding hydrogens is 228 g/mol. The van der Waals surface area contributed by atoms with Crippen LogP contribution < -0.4 is 0 Å². The molecule has 0 aliphatic heterocycles. The monoisotopic (exact) mass is 236 g/mol. The molecule has 0 aliphatic rings. The summed E-state index contributed by atoms with van der Waals surface area (Å²) in [5, 5.41) is 0. The van der Waals surface area contributed by atoms with E-state index in [1.54, 1.807) is 6.33 Å². The molecule has 13 heavy (non-hydrogen) atoms. The van der Waals surface area contributed by atoms with Crippen LogP contribution in [0.1, 0.15) is 0 Å². The maximum Gasteiger partial charge on any atom is 0.0948 e. The van der Waals surface area contributed by atoms with Crippen LogP contribution in [0.15, 0.2) is 41.3 Å². The fraction of sp³-hybridized carbons (Fsp3) is 0.100. The Balaban J connectivity index is 2.53. The van der Waals surface area contributed by atoms with E-state index in [0.29, 0.717) is 0 Å². The predicted octanol–water partition coefficient (Wildman–Crippen LogP) is 2.85. The third-order valence-corrected chi connectivity index (χ3v) is 2.43. The molecule has 66 valence electrons. The molecule has 1 aromatic carbocycles. The minimum absolute atomic E-state index is 1.09. The highest BCUT2D eigenvalue weighted by Crippen LogP contribution is 2.21. The fourth-order valence-electron chi connectivity index (χ4n) is 1.28. The van der Waals surface area contributed by atoms with Crippen LogP contribution in [0.2, 0.25) is 0 Å². The summed E-state index contributed by atoms with van der Waals surface area (Å²) in [7, 11) is 1.99. The molecule has 0 spiro atoms. The number of benzene rings is 1. The van der Waals surface area contributed by atoms with Crippen LogP contribution in [-0.4, -0.2) is 9.55 Å². The van der Waals surface area contributed by atoms with Gasteiger partial charge in [0.25, 0.3) is 0 Å². The zero-order valence-electron chi connectivity index (χ0n) is 7.24. The Labute approximate surface area is 85.4 Å². The Morgan fingerprint density at radius 1 is 1.38 bits per heavy atom. The first-order valence-corrected chi connectivity index (χ1v) is 4.79. The molecule has 0 bridgehead atoms. The molecule has 0 atom stereocenters. The van der Waals surface area contributed by atoms with Gasteiger partial charge in [-0.1, -0.05) is 28.1 Å². The second kappa shape index (κ2) is 3.34. The Bertz CT molecular complexity index is 420. The van der Waals surface area contributed by atoms with E-state index in [0.717, 1.165) is 10.2 Å². The normalized spacial score (nSPS) is 10.3. The molecule has 1 heterocycles. The lowest BCUT2D eigenvalue weighted by atomic mass is 10.2. The van der Waals surface area contributed by atoms with Crippen molar-refractivity contribution in [2.45, 2.75) is 0 Å². The summed E-state index contributed by atoms with van der Waals surface area (Å²) in [5.74, 6) is 0. The lowest BCUT2D eigenvalue weighted by Crippen LogP contribution is -1.88. The van der Waals surface area contributed by atoms with Gasteiger partial charge >= 0.3 is 0 Å². The van der Waals surface area contributed by atoms with Crippen molar-refractivity contribution in [3.05, 3.63) is 41.3 Å². The first-order valence-electron chi connectivity index (χ1n) is 3.99. The quantitative estimate of drug-likeness (QED) is 0.745. The molecule has 1 aromatic heterocycles. The van der Waals surface area contributed by atoms with E-state index < -0.39 is 0 Å². The molecule has 0 amide bonds. The van der Waals surface area contributed by atoms with Gasteiger partial charge in [-0.25, -0.2) is 4.98 Å². The van der Waals surface area contributed by atoms with Gasteiger partial charge in [0, 0.05) is 17.1 Å². The molecule has 0 aliphatic carbocycles. The Kier molecular flexibility index (Phi) is 2.19. The van der Waals surface area contributed by atoms with Crippen LogP contribution in [0.3, 0.4) is 0 Å². The average molecular weight is 237 g/mol. The van der Waals surface area contributed by atoms with Gasteiger partial charge in [0.2, 0.25) is 0 Å². The maximum atomic E-state index is 4.08. The van der Waals surface area contributed by atoms with Gasteiger partial charge in [0.1, 0.15) is 0 Å². The van der Waals surface area contributed by atoms with Crippen LogP contribution in [0.25, 0.3) is 11.3 Å². The van der Waals surface area contributed by atoms with Crippen molar-refractivity contribution in [2.24, 2.45) is 7.05 Å². The van der Waals surface area contributed by atoms with Gasteiger partial charge in [0.05, 0.1) is 18.2 Å². The van der Waals surface area contributed by atoms with Crippen molar-refractivity contribution in [3.8, 4) is 11.3 Å². The standard InChI is InChI=1S/C10H9BrN2/c1-13-7-12-6-10(13)8-3-2-4-9(11)5-8/h2-7H,1H3. The largest absolute Gasteiger partial charge is 0.334 e. The van der Waals surface area contributed by atoms with Gasteiger partial charge in [-0.15, -0.1) is 0 Å². The number of aromatic nitrogens is 2. The predicted molar refractivity (Wildman–Crippen MR) is 56.3 cm³/mol. The lowest BCUT2D eigenvalue weighted by Gasteiger charge is -2.01. The van der Waals surface area contributed by atoms with Crippen molar-refractivity contribution in [2.75, 3.05) is 0 Å². The molecule has 0 saturated heterocycles. The third-order valence-electron chi connectivity index (χ3n) is 1.94. The zero-order valence-corrected chi connectivity index (χ0v) is 8.82. The number of halogens is 1. The summed E-state index contributed by atoms with van der Waals surface area (Å²) in [5.41, 5.74) is 2.30. The smallest absolute Gasteiger partial charge is 0.0948 e. The van der Waals surface area contributed by atoms with E-state index >= 15 is 0 Å². The van der Waals surface area contributed by atoms with Crippen LogP contribution in [0, 0.1) is 0 Å². The van der Waals surface area contributed by atoms with Crippen LogP contribution in [0.5, 0.6) is 0 Å². The van der Waals surface area contributed by atoms with E-state index in [1.807, 2.05) is 29.9 Å². The van der Waals surface area contributed by atoms with Gasteiger partial charge in [-0.2, -0.15) is 0 Å². The molecule has 0 N–H and O–H groups in total. The van der Waals surface area contributed by atoms with Crippen molar-refractivity contribution in [1.82, 2.24) is 9.55 Å². The third kappa shape index (κ3) is 1.65. The molecule has 0 saturated carbocycles. The Morgan fingerprint density at radius 2 is 2.23 bits per heavy atom. The SMILES string of the molecule is Cn1cncc1-c1cccc(Br)c1. The summed E-state index contributed by atoms with van der Waals surface area (Å²) in [6.45, 7) is 0. The van der Waals surface area contributed by atoms with Gasteiger partial charge in [-0.05, 0) is 12.1 Å². The van der Waals surface area contributed by atoms with Gasteiger partial charge in [-0.3, -0.25) is 0 Å². The molecule has 2 nitrogen and oxygen atoms in total. The minimum Gasteiger partial charge on any atom is -0.334 e. The highest BCUT2D eigenvalue weighted by Gasteiger charge is 2.01. The second-order valence-electron chi connectivity index (χ2n) is 2.90. The van der Waals surface area contributed by atoms with Crippen LogP contribution in [0.4, 0.5) is 0 Å². The highest BCUT2D eigenvalue weighted by molar-refractivity contribution is 9.10. The Morgan fingerprint density at radius 3 is 2.85 bits per heavy atom. The first kappa shape index (κ1) is 8.51. The van der Waals surface area contributed by atoms with Gasteiger partial charge < -0.3 is 4.57 Å². The average Bonchev–Trinajstić information content (AvgIpc) is 2.51. The van der Waals surface area contributed by atoms with Crippen LogP contribution >= 0.6 is 15.9 Å². The van der Waals surface area contributed by atoms with Crippen molar-refractivity contribution >= 4 is 15.9 Å². The van der Waals surface area contributed by atoms with E-state index in [9.17, 15) is 0 Å². The fourth-order valence-corrected chi connectivity index (χ4v) is 1.68. The highest BCUT2D eigenvalue weighted by atomic mass is 79.9. The molecular formula is C10H9BrN2. The number of imidazole rings is 1. The van der Waals surface area contributed by atoms with Crippen molar-refractivity contribution in [3.63, 3.8) is 0 Å². The molecule has 0 unspecified atom stereocenters. The topological polar surface area (TPSA) is 17.8 Å². The number of hydrogen-bond acceptors (Lipinski definition) is 1. The van der Waals surface area contributed by atoms with E-state index in [2.05, 4.69) is 33.0 Å². The summed E-state index contributed by atoms with van der Waals surface area (Å²) in [6.07, 6.45) is 3.66. The number of rotatable bonds is 1. The molecule has 2 rings (SSSR count). The summed E-state index contributed by atoms with van der Waals surface area (Å²) in [4.78, 5) is 4.08. The summed E-state index contributed by atoms with van der Waals surface area (Å²) in [6, 6.07) is 8.19. The zero-order chi connectivity index (χ0) is 9.26. The van der Waals surface area contributed by atoms with Crippen molar-refractivity contribution < 1.29 is 0 Å². The first-order chi connectivity index (χ1) is 6.27. The maximum absolute atomic E-state index is 4.08. The lowest BCUT2D eigenvalue weighted by molar-refractivity contribution is 0.921. The molecule has 2 aromatic rings. The van der Waals surface area contributed by atoms with E-state index in [1.165, 1.54) is 5.56 Å². The minimum atomic E-state index is 1.09. The molecule has 0 radical (unpaired) electrons.